The second kappa shape index (κ2) is 6.76. The van der Waals surface area contributed by atoms with Crippen LogP contribution in [0.3, 0.4) is 0 Å². The molecule has 5 heteroatoms. The van der Waals surface area contributed by atoms with Gasteiger partial charge in [0, 0.05) is 30.7 Å². The van der Waals surface area contributed by atoms with Gasteiger partial charge < -0.3 is 10.1 Å². The summed E-state index contributed by atoms with van der Waals surface area (Å²) in [5, 5.41) is 13.0. The van der Waals surface area contributed by atoms with Gasteiger partial charge in [-0.2, -0.15) is 5.26 Å². The van der Waals surface area contributed by atoms with Gasteiger partial charge in [0.1, 0.15) is 6.07 Å². The lowest BCUT2D eigenvalue weighted by Gasteiger charge is -2.32. The zero-order chi connectivity index (χ0) is 13.7. The molecule has 0 saturated carbocycles. The van der Waals surface area contributed by atoms with E-state index in [1.54, 1.807) is 12.1 Å². The number of ether oxygens (including phenoxy) is 1. The number of hydrogen-bond acceptors (Lipinski definition) is 4. The summed E-state index contributed by atoms with van der Waals surface area (Å²) >= 11 is 5.88. The molecule has 1 heterocycles. The van der Waals surface area contributed by atoms with Gasteiger partial charge in [0.2, 0.25) is 0 Å². The maximum atomic E-state index is 9.08. The van der Waals surface area contributed by atoms with E-state index in [2.05, 4.69) is 23.2 Å². The lowest BCUT2D eigenvalue weighted by atomic mass is 10.2. The van der Waals surface area contributed by atoms with Crippen LogP contribution in [-0.4, -0.2) is 43.8 Å². The van der Waals surface area contributed by atoms with Gasteiger partial charge in [0.25, 0.3) is 0 Å². The molecule has 4 nitrogen and oxygen atoms in total. The van der Waals surface area contributed by atoms with Crippen molar-refractivity contribution in [3.8, 4) is 6.07 Å². The van der Waals surface area contributed by atoms with E-state index in [1.807, 2.05) is 6.07 Å². The largest absolute Gasteiger partial charge is 0.382 e. The molecular weight excluding hydrogens is 262 g/mol. The molecule has 0 aliphatic carbocycles. The van der Waals surface area contributed by atoms with Crippen LogP contribution in [-0.2, 0) is 4.74 Å². The molecule has 0 amide bonds. The van der Waals surface area contributed by atoms with Crippen LogP contribution in [0, 0.1) is 11.3 Å². The minimum Gasteiger partial charge on any atom is -0.382 e. The number of nitrogens with one attached hydrogen (secondary N) is 1. The molecule has 0 radical (unpaired) electrons. The van der Waals surface area contributed by atoms with E-state index in [-0.39, 0.29) is 0 Å². The Bertz CT molecular complexity index is 466. The second-order valence-electron chi connectivity index (χ2n) is 4.68. The molecule has 1 aromatic carbocycles. The van der Waals surface area contributed by atoms with Crippen molar-refractivity contribution in [2.45, 2.75) is 13.0 Å². The smallest absolute Gasteiger partial charge is 0.101 e. The normalized spacial score (nSPS) is 17.7. The first-order valence-corrected chi connectivity index (χ1v) is 6.84. The fourth-order valence-electron chi connectivity index (χ4n) is 2.17. The van der Waals surface area contributed by atoms with Crippen LogP contribution in [0.5, 0.6) is 0 Å². The third-order valence-electron chi connectivity index (χ3n) is 3.36. The van der Waals surface area contributed by atoms with Crippen LogP contribution < -0.4 is 5.32 Å². The van der Waals surface area contributed by atoms with E-state index in [0.29, 0.717) is 16.6 Å². The van der Waals surface area contributed by atoms with Gasteiger partial charge in [-0.3, -0.25) is 4.90 Å². The van der Waals surface area contributed by atoms with Crippen molar-refractivity contribution < 1.29 is 4.74 Å². The second-order valence-corrected chi connectivity index (χ2v) is 5.12. The van der Waals surface area contributed by atoms with Gasteiger partial charge in [0.15, 0.2) is 0 Å². The third kappa shape index (κ3) is 3.84. The lowest BCUT2D eigenvalue weighted by molar-refractivity contribution is 0.0227. The molecule has 1 saturated heterocycles. The summed E-state index contributed by atoms with van der Waals surface area (Å²) in [4.78, 5) is 2.39. The highest BCUT2D eigenvalue weighted by Crippen LogP contribution is 2.20. The molecule has 1 unspecified atom stereocenters. The molecule has 1 aliphatic rings. The van der Waals surface area contributed by atoms with Crippen LogP contribution in [0.15, 0.2) is 18.2 Å². The van der Waals surface area contributed by atoms with Gasteiger partial charge >= 0.3 is 0 Å². The first-order chi connectivity index (χ1) is 9.20. The van der Waals surface area contributed by atoms with E-state index in [9.17, 15) is 0 Å². The fourth-order valence-corrected chi connectivity index (χ4v) is 2.34. The van der Waals surface area contributed by atoms with E-state index in [0.717, 1.165) is 38.5 Å². The molecule has 1 N–H and O–H groups in total. The molecule has 0 aromatic heterocycles. The van der Waals surface area contributed by atoms with Gasteiger partial charge in [0.05, 0.1) is 24.5 Å². The van der Waals surface area contributed by atoms with E-state index in [4.69, 9.17) is 21.6 Å². The number of rotatable bonds is 4. The number of hydrogen-bond donors (Lipinski definition) is 1. The molecule has 19 heavy (non-hydrogen) atoms. The topological polar surface area (TPSA) is 48.3 Å². The van der Waals surface area contributed by atoms with Crippen LogP contribution >= 0.6 is 11.6 Å². The Balaban J connectivity index is 1.93. The van der Waals surface area contributed by atoms with Crippen LogP contribution in [0.4, 0.5) is 5.69 Å². The third-order valence-corrected chi connectivity index (χ3v) is 3.59. The Hall–Kier alpha value is -1.28. The molecule has 1 fully saturated rings. The zero-order valence-electron chi connectivity index (χ0n) is 11.0. The molecular formula is C14H18ClN3O. The Morgan fingerprint density at radius 3 is 2.89 bits per heavy atom. The van der Waals surface area contributed by atoms with Crippen molar-refractivity contribution in [1.29, 1.82) is 5.26 Å². The van der Waals surface area contributed by atoms with Gasteiger partial charge in [-0.1, -0.05) is 11.6 Å². The van der Waals surface area contributed by atoms with Crippen LogP contribution in [0.1, 0.15) is 12.5 Å². The molecule has 1 aliphatic heterocycles. The summed E-state index contributed by atoms with van der Waals surface area (Å²) in [6.45, 7) is 6.52. The first kappa shape index (κ1) is 14.1. The summed E-state index contributed by atoms with van der Waals surface area (Å²) in [6, 6.07) is 7.90. The minimum absolute atomic E-state index is 0.408. The van der Waals surface area contributed by atoms with Crippen LogP contribution in [0.2, 0.25) is 5.02 Å². The Morgan fingerprint density at radius 1 is 1.47 bits per heavy atom. The quantitative estimate of drug-likeness (QED) is 0.919. The highest BCUT2D eigenvalue weighted by Gasteiger charge is 2.16. The molecule has 0 bridgehead atoms. The standard InChI is InChI=1S/C14H18ClN3O/c1-11(18-4-6-19-7-5-18)10-17-14-3-2-13(15)8-12(14)9-16/h2-3,8,11,17H,4-7,10H2,1H3. The molecule has 1 aromatic rings. The minimum atomic E-state index is 0.408. The number of anilines is 1. The maximum absolute atomic E-state index is 9.08. The Labute approximate surface area is 118 Å². The zero-order valence-corrected chi connectivity index (χ0v) is 11.8. The van der Waals surface area contributed by atoms with Crippen molar-refractivity contribution >= 4 is 17.3 Å². The SMILES string of the molecule is CC(CNc1ccc(Cl)cc1C#N)N1CCOCC1. The monoisotopic (exact) mass is 279 g/mol. The first-order valence-electron chi connectivity index (χ1n) is 6.46. The number of halogens is 1. The van der Waals surface area contributed by atoms with E-state index in [1.165, 1.54) is 0 Å². The Kier molecular flexibility index (Phi) is 5.03. The van der Waals surface area contributed by atoms with Crippen LogP contribution in [0.25, 0.3) is 0 Å². The summed E-state index contributed by atoms with van der Waals surface area (Å²) in [6.07, 6.45) is 0. The maximum Gasteiger partial charge on any atom is 0.101 e. The number of nitrogens with zero attached hydrogens (tertiary/aromatic N) is 2. The van der Waals surface area contributed by atoms with Crippen molar-refractivity contribution in [3.05, 3.63) is 28.8 Å². The van der Waals surface area contributed by atoms with Crippen molar-refractivity contribution in [2.24, 2.45) is 0 Å². The van der Waals surface area contributed by atoms with Gasteiger partial charge in [-0.05, 0) is 25.1 Å². The summed E-state index contributed by atoms with van der Waals surface area (Å²) in [5.41, 5.74) is 1.42. The molecule has 2 rings (SSSR count). The average molecular weight is 280 g/mol. The van der Waals surface area contributed by atoms with E-state index < -0.39 is 0 Å². The molecule has 1 atom stereocenters. The predicted molar refractivity (Wildman–Crippen MR) is 76.5 cm³/mol. The van der Waals surface area contributed by atoms with Crippen molar-refractivity contribution in [3.63, 3.8) is 0 Å². The number of morpholine rings is 1. The van der Waals surface area contributed by atoms with E-state index >= 15 is 0 Å². The Morgan fingerprint density at radius 2 is 2.21 bits per heavy atom. The van der Waals surface area contributed by atoms with Crippen molar-refractivity contribution in [2.75, 3.05) is 38.2 Å². The summed E-state index contributed by atoms with van der Waals surface area (Å²) < 4.78 is 5.34. The summed E-state index contributed by atoms with van der Waals surface area (Å²) in [5.74, 6) is 0. The lowest BCUT2D eigenvalue weighted by Crippen LogP contribution is -2.45. The predicted octanol–water partition coefficient (Wildman–Crippen LogP) is 2.34. The molecule has 0 spiro atoms. The number of benzene rings is 1. The highest BCUT2D eigenvalue weighted by atomic mass is 35.5. The van der Waals surface area contributed by atoms with Gasteiger partial charge in [-0.15, -0.1) is 0 Å². The summed E-state index contributed by atoms with van der Waals surface area (Å²) in [7, 11) is 0. The average Bonchev–Trinajstić information content (AvgIpc) is 2.46. The highest BCUT2D eigenvalue weighted by molar-refractivity contribution is 6.30. The van der Waals surface area contributed by atoms with Gasteiger partial charge in [-0.25, -0.2) is 0 Å². The fraction of sp³-hybridized carbons (Fsp3) is 0.500. The van der Waals surface area contributed by atoms with Crippen molar-refractivity contribution in [1.82, 2.24) is 4.90 Å². The molecule has 102 valence electrons. The number of nitriles is 1.